The molecule has 66 valence electrons. The minimum atomic E-state index is -0.405. The number of aliphatic hydroxyl groups excluding tert-OH is 1. The van der Waals surface area contributed by atoms with E-state index < -0.39 is 6.10 Å². The molecule has 0 amide bonds. The van der Waals surface area contributed by atoms with Gasteiger partial charge in [-0.05, 0) is 0 Å². The number of ether oxygens (including phenoxy) is 2. The van der Waals surface area contributed by atoms with Gasteiger partial charge >= 0.3 is 0 Å². The Morgan fingerprint density at radius 2 is 2.08 bits per heavy atom. The monoisotopic (exact) mass is 186 g/mol. The number of thiophene rings is 1. The van der Waals surface area contributed by atoms with Gasteiger partial charge in [0.2, 0.25) is 0 Å². The number of aliphatic hydroxyl groups is 1. The van der Waals surface area contributed by atoms with Gasteiger partial charge in [-0.1, -0.05) is 0 Å². The molecule has 0 aliphatic carbocycles. The Morgan fingerprint density at radius 1 is 1.33 bits per heavy atom. The third kappa shape index (κ3) is 1.54. The lowest BCUT2D eigenvalue weighted by Gasteiger charge is -2.16. The van der Waals surface area contributed by atoms with Gasteiger partial charge in [0.1, 0.15) is 6.61 Å². The van der Waals surface area contributed by atoms with Gasteiger partial charge in [-0.15, -0.1) is 11.3 Å². The first-order valence-electron chi connectivity index (χ1n) is 3.86. The van der Waals surface area contributed by atoms with Crippen molar-refractivity contribution in [3.05, 3.63) is 10.8 Å². The predicted octanol–water partition coefficient (Wildman–Crippen LogP) is 1.27. The fraction of sp³-hybridized carbons (Fsp3) is 0.500. The number of hydrogen-bond acceptors (Lipinski definition) is 4. The van der Waals surface area contributed by atoms with E-state index in [1.165, 1.54) is 0 Å². The first kappa shape index (κ1) is 7.89. The highest BCUT2D eigenvalue weighted by molar-refractivity contribution is 7.08. The summed E-state index contributed by atoms with van der Waals surface area (Å²) >= 11 is 1.54. The Labute approximate surface area is 74.5 Å². The van der Waals surface area contributed by atoms with Crippen molar-refractivity contribution in [3.8, 4) is 11.5 Å². The van der Waals surface area contributed by atoms with Crippen LogP contribution in [0, 0.1) is 0 Å². The number of rotatable bonds is 0. The third-order valence-electron chi connectivity index (χ3n) is 1.73. The summed E-state index contributed by atoms with van der Waals surface area (Å²) in [6, 6.07) is 0. The molecule has 0 radical (unpaired) electrons. The molecule has 0 aromatic carbocycles. The van der Waals surface area contributed by atoms with Gasteiger partial charge in [0, 0.05) is 17.2 Å². The molecule has 12 heavy (non-hydrogen) atoms. The number of fused-ring (bicyclic) bond motifs is 1. The summed E-state index contributed by atoms with van der Waals surface area (Å²) in [5, 5.41) is 13.1. The highest BCUT2D eigenvalue weighted by atomic mass is 32.1. The minimum absolute atomic E-state index is 0.368. The minimum Gasteiger partial charge on any atom is -0.489 e. The maximum absolute atomic E-state index is 9.28. The first-order chi connectivity index (χ1) is 5.86. The standard InChI is InChI=1S/C8H10O3S/c9-6-1-2-10-7-4-12-5-8(7)11-3-6/h4-6,9H,1-3H2. The van der Waals surface area contributed by atoms with Gasteiger partial charge in [-0.25, -0.2) is 0 Å². The predicted molar refractivity (Wildman–Crippen MR) is 45.9 cm³/mol. The molecule has 0 spiro atoms. The zero-order valence-corrected chi connectivity index (χ0v) is 7.34. The van der Waals surface area contributed by atoms with Gasteiger partial charge in [0.05, 0.1) is 12.7 Å². The van der Waals surface area contributed by atoms with Crippen LogP contribution >= 0.6 is 11.3 Å². The van der Waals surface area contributed by atoms with Crippen LogP contribution in [0.4, 0.5) is 0 Å². The van der Waals surface area contributed by atoms with Crippen LogP contribution in [0.25, 0.3) is 0 Å². The van der Waals surface area contributed by atoms with Crippen LogP contribution in [0.5, 0.6) is 11.5 Å². The van der Waals surface area contributed by atoms with Gasteiger partial charge in [-0.2, -0.15) is 0 Å². The van der Waals surface area contributed by atoms with Crippen molar-refractivity contribution in [2.75, 3.05) is 13.2 Å². The van der Waals surface area contributed by atoms with Crippen LogP contribution in [0.15, 0.2) is 10.8 Å². The molecular formula is C8H10O3S. The maximum Gasteiger partial charge on any atom is 0.172 e. The fourth-order valence-electron chi connectivity index (χ4n) is 1.06. The average molecular weight is 186 g/mol. The smallest absolute Gasteiger partial charge is 0.172 e. The topological polar surface area (TPSA) is 38.7 Å². The van der Waals surface area contributed by atoms with Crippen LogP contribution in [0.3, 0.4) is 0 Å². The molecule has 1 aliphatic heterocycles. The second-order valence-electron chi connectivity index (χ2n) is 2.70. The molecule has 2 heterocycles. The molecule has 1 aliphatic rings. The second-order valence-corrected chi connectivity index (χ2v) is 3.45. The lowest BCUT2D eigenvalue weighted by atomic mass is 10.3. The molecule has 1 N–H and O–H groups in total. The molecule has 0 saturated carbocycles. The van der Waals surface area contributed by atoms with E-state index in [0.29, 0.717) is 19.6 Å². The van der Waals surface area contributed by atoms with E-state index in [1.54, 1.807) is 11.3 Å². The van der Waals surface area contributed by atoms with Gasteiger partial charge in [0.15, 0.2) is 11.5 Å². The molecule has 2 rings (SSSR count). The Bertz CT molecular complexity index is 259. The summed E-state index contributed by atoms with van der Waals surface area (Å²) in [4.78, 5) is 0. The summed E-state index contributed by atoms with van der Waals surface area (Å²) in [6.45, 7) is 0.932. The first-order valence-corrected chi connectivity index (χ1v) is 4.80. The zero-order valence-electron chi connectivity index (χ0n) is 6.53. The van der Waals surface area contributed by atoms with Crippen molar-refractivity contribution in [2.45, 2.75) is 12.5 Å². The van der Waals surface area contributed by atoms with Gasteiger partial charge in [-0.3, -0.25) is 0 Å². The van der Waals surface area contributed by atoms with Crippen molar-refractivity contribution in [2.24, 2.45) is 0 Å². The Hall–Kier alpha value is -0.740. The van der Waals surface area contributed by atoms with Crippen LogP contribution in [-0.2, 0) is 0 Å². The van der Waals surface area contributed by atoms with Gasteiger partial charge < -0.3 is 14.6 Å². The van der Waals surface area contributed by atoms with E-state index in [0.717, 1.165) is 11.5 Å². The van der Waals surface area contributed by atoms with Crippen molar-refractivity contribution >= 4 is 11.3 Å². The van der Waals surface area contributed by atoms with E-state index in [-0.39, 0.29) is 0 Å². The highest BCUT2D eigenvalue weighted by Crippen LogP contribution is 2.32. The van der Waals surface area contributed by atoms with E-state index in [1.807, 2.05) is 10.8 Å². The molecule has 1 unspecified atom stereocenters. The maximum atomic E-state index is 9.28. The molecule has 1 aromatic rings. The van der Waals surface area contributed by atoms with Crippen LogP contribution < -0.4 is 9.47 Å². The van der Waals surface area contributed by atoms with Crippen molar-refractivity contribution in [3.63, 3.8) is 0 Å². The molecule has 4 heteroatoms. The molecule has 0 saturated heterocycles. The molecule has 1 aromatic heterocycles. The largest absolute Gasteiger partial charge is 0.489 e. The van der Waals surface area contributed by atoms with E-state index in [9.17, 15) is 5.11 Å². The summed E-state index contributed by atoms with van der Waals surface area (Å²) in [6.07, 6.45) is 0.230. The van der Waals surface area contributed by atoms with E-state index in [4.69, 9.17) is 9.47 Å². The Balaban J connectivity index is 2.14. The van der Waals surface area contributed by atoms with Crippen LogP contribution in [0.1, 0.15) is 6.42 Å². The molecule has 0 fully saturated rings. The molecule has 0 bridgehead atoms. The molecule has 3 nitrogen and oxygen atoms in total. The quantitative estimate of drug-likeness (QED) is 0.663. The lowest BCUT2D eigenvalue weighted by Crippen LogP contribution is -2.22. The van der Waals surface area contributed by atoms with Gasteiger partial charge in [0.25, 0.3) is 0 Å². The van der Waals surface area contributed by atoms with Crippen molar-refractivity contribution < 1.29 is 14.6 Å². The summed E-state index contributed by atoms with van der Waals surface area (Å²) < 4.78 is 10.7. The third-order valence-corrected chi connectivity index (χ3v) is 2.43. The lowest BCUT2D eigenvalue weighted by molar-refractivity contribution is 0.0728. The summed E-state index contributed by atoms with van der Waals surface area (Å²) in [5.41, 5.74) is 0. The Kier molecular flexibility index (Phi) is 2.19. The van der Waals surface area contributed by atoms with Crippen LogP contribution in [-0.4, -0.2) is 24.4 Å². The van der Waals surface area contributed by atoms with E-state index >= 15 is 0 Å². The summed E-state index contributed by atoms with van der Waals surface area (Å²) in [5.74, 6) is 1.55. The summed E-state index contributed by atoms with van der Waals surface area (Å²) in [7, 11) is 0. The number of hydrogen-bond donors (Lipinski definition) is 1. The SMILES string of the molecule is OC1CCOc2cscc2OC1. The average Bonchev–Trinajstić information content (AvgIpc) is 2.45. The second kappa shape index (κ2) is 3.33. The fourth-order valence-corrected chi connectivity index (χ4v) is 1.74. The van der Waals surface area contributed by atoms with Crippen molar-refractivity contribution in [1.29, 1.82) is 0 Å². The molecule has 1 atom stereocenters. The normalized spacial score (nSPS) is 22.9. The van der Waals surface area contributed by atoms with E-state index in [2.05, 4.69) is 0 Å². The Morgan fingerprint density at radius 3 is 2.92 bits per heavy atom. The highest BCUT2D eigenvalue weighted by Gasteiger charge is 2.14. The molecular weight excluding hydrogens is 176 g/mol. The van der Waals surface area contributed by atoms with Crippen molar-refractivity contribution in [1.82, 2.24) is 0 Å². The zero-order chi connectivity index (χ0) is 8.39. The van der Waals surface area contributed by atoms with Crippen LogP contribution in [0.2, 0.25) is 0 Å².